The van der Waals surface area contributed by atoms with E-state index < -0.39 is 0 Å². The van der Waals surface area contributed by atoms with Crippen LogP contribution in [-0.2, 0) is 11.3 Å². The number of likely N-dealkylation sites (tertiary alicyclic amines) is 1. The summed E-state index contributed by atoms with van der Waals surface area (Å²) in [6.45, 7) is 3.43. The predicted molar refractivity (Wildman–Crippen MR) is 118 cm³/mol. The van der Waals surface area contributed by atoms with E-state index in [9.17, 15) is 4.79 Å². The normalized spacial score (nSPS) is 15.1. The van der Waals surface area contributed by atoms with E-state index in [4.69, 9.17) is 18.8 Å². The second-order valence-corrected chi connectivity index (χ2v) is 7.75. The van der Waals surface area contributed by atoms with Crippen molar-refractivity contribution in [1.82, 2.24) is 20.5 Å². The minimum Gasteiger partial charge on any atom is -0.497 e. The molecule has 4 rings (SSSR count). The van der Waals surface area contributed by atoms with Crippen LogP contribution in [-0.4, -0.2) is 67.7 Å². The summed E-state index contributed by atoms with van der Waals surface area (Å²) in [6, 6.07) is 11.2. The molecule has 0 unspecified atom stereocenters. The van der Waals surface area contributed by atoms with Gasteiger partial charge in [0, 0.05) is 39.4 Å². The van der Waals surface area contributed by atoms with Crippen LogP contribution in [0.1, 0.15) is 28.8 Å². The number of nitrogens with zero attached hydrogens (tertiary/aromatic N) is 3. The van der Waals surface area contributed by atoms with Gasteiger partial charge < -0.3 is 19.5 Å². The Morgan fingerprint density at radius 1 is 1.19 bits per heavy atom. The second-order valence-electron chi connectivity index (χ2n) is 7.75. The Hall–Kier alpha value is -3.17. The summed E-state index contributed by atoms with van der Waals surface area (Å²) < 4.78 is 21.5. The first-order valence-corrected chi connectivity index (χ1v) is 10.7. The second kappa shape index (κ2) is 10.4. The first-order chi connectivity index (χ1) is 15.7. The van der Waals surface area contributed by atoms with Gasteiger partial charge in [-0.25, -0.2) is 4.63 Å². The Morgan fingerprint density at radius 3 is 2.81 bits per heavy atom. The number of piperidine rings is 1. The third-order valence-electron chi connectivity index (χ3n) is 5.62. The highest BCUT2D eigenvalue weighted by molar-refractivity contribution is 5.97. The molecule has 0 saturated carbocycles. The maximum Gasteiger partial charge on any atom is 0.255 e. The predicted octanol–water partition coefficient (Wildman–Crippen LogP) is 2.65. The van der Waals surface area contributed by atoms with Crippen LogP contribution in [0, 0.1) is 0 Å². The van der Waals surface area contributed by atoms with Gasteiger partial charge in [0.1, 0.15) is 28.6 Å². The minimum atomic E-state index is -0.188. The molecule has 1 N–H and O–H groups in total. The topological polar surface area (TPSA) is 99.0 Å². The van der Waals surface area contributed by atoms with Crippen molar-refractivity contribution in [3.05, 3.63) is 47.5 Å². The molecule has 170 valence electrons. The fourth-order valence-corrected chi connectivity index (χ4v) is 3.87. The molecule has 1 aliphatic rings. The molecule has 1 amide bonds. The summed E-state index contributed by atoms with van der Waals surface area (Å²) in [5.41, 5.74) is 3.18. The van der Waals surface area contributed by atoms with Gasteiger partial charge in [-0.2, -0.15) is 0 Å². The third-order valence-corrected chi connectivity index (χ3v) is 5.62. The molecule has 9 nitrogen and oxygen atoms in total. The van der Waals surface area contributed by atoms with E-state index in [0.717, 1.165) is 49.1 Å². The third kappa shape index (κ3) is 5.17. The van der Waals surface area contributed by atoms with Crippen LogP contribution in [0.5, 0.6) is 11.5 Å². The number of ether oxygens (including phenoxy) is 3. The van der Waals surface area contributed by atoms with Gasteiger partial charge >= 0.3 is 0 Å². The van der Waals surface area contributed by atoms with Crippen LogP contribution in [0.3, 0.4) is 0 Å². The van der Waals surface area contributed by atoms with Gasteiger partial charge in [-0.1, -0.05) is 12.1 Å². The van der Waals surface area contributed by atoms with E-state index in [-0.39, 0.29) is 12.0 Å². The van der Waals surface area contributed by atoms with Crippen LogP contribution < -0.4 is 14.8 Å². The number of rotatable bonds is 9. The number of carbonyl (C=O) groups is 1. The average Bonchev–Trinajstić information content (AvgIpc) is 3.30. The summed E-state index contributed by atoms with van der Waals surface area (Å²) in [7, 11) is 3.20. The van der Waals surface area contributed by atoms with Crippen LogP contribution in [0.25, 0.3) is 11.0 Å². The zero-order chi connectivity index (χ0) is 22.3. The molecular formula is C23H28N4O5. The lowest BCUT2D eigenvalue weighted by Crippen LogP contribution is -2.38. The molecule has 1 aliphatic heterocycles. The molecule has 32 heavy (non-hydrogen) atoms. The van der Waals surface area contributed by atoms with E-state index in [2.05, 4.69) is 26.6 Å². The molecule has 2 heterocycles. The van der Waals surface area contributed by atoms with E-state index in [0.29, 0.717) is 30.2 Å². The molecule has 1 fully saturated rings. The van der Waals surface area contributed by atoms with Crippen molar-refractivity contribution in [1.29, 1.82) is 0 Å². The van der Waals surface area contributed by atoms with E-state index >= 15 is 0 Å². The van der Waals surface area contributed by atoms with Crippen molar-refractivity contribution >= 4 is 16.9 Å². The molecule has 0 aliphatic carbocycles. The first kappa shape index (κ1) is 22.0. The lowest BCUT2D eigenvalue weighted by Gasteiger charge is -2.32. The highest BCUT2D eigenvalue weighted by atomic mass is 16.6. The lowest BCUT2D eigenvalue weighted by atomic mass is 10.1. The first-order valence-electron chi connectivity index (χ1n) is 10.7. The van der Waals surface area contributed by atoms with Crippen molar-refractivity contribution in [3.63, 3.8) is 0 Å². The Labute approximate surface area is 186 Å². The fourth-order valence-electron chi connectivity index (χ4n) is 3.87. The van der Waals surface area contributed by atoms with Crippen molar-refractivity contribution in [2.45, 2.75) is 25.5 Å². The number of benzene rings is 2. The molecule has 0 radical (unpaired) electrons. The molecule has 9 heteroatoms. The molecule has 3 aromatic rings. The van der Waals surface area contributed by atoms with Gasteiger partial charge in [0.05, 0.1) is 19.3 Å². The Balaban J connectivity index is 1.38. The summed E-state index contributed by atoms with van der Waals surface area (Å²) >= 11 is 0. The monoisotopic (exact) mass is 440 g/mol. The van der Waals surface area contributed by atoms with E-state index in [1.165, 1.54) is 0 Å². The maximum absolute atomic E-state index is 12.6. The minimum absolute atomic E-state index is 0.0217. The van der Waals surface area contributed by atoms with Gasteiger partial charge in [0.2, 0.25) is 0 Å². The summed E-state index contributed by atoms with van der Waals surface area (Å²) in [6.07, 6.45) is 1.73. The van der Waals surface area contributed by atoms with Crippen LogP contribution >= 0.6 is 0 Å². The number of nitrogens with one attached hydrogen (secondary N) is 1. The molecular weight excluding hydrogens is 412 g/mol. The number of hydrogen-bond acceptors (Lipinski definition) is 8. The Kier molecular flexibility index (Phi) is 7.18. The summed E-state index contributed by atoms with van der Waals surface area (Å²) in [5, 5.41) is 10.8. The van der Waals surface area contributed by atoms with Gasteiger partial charge in [-0.15, -0.1) is 0 Å². The molecule has 0 spiro atoms. The molecule has 0 atom stereocenters. The maximum atomic E-state index is 12.6. The van der Waals surface area contributed by atoms with Gasteiger partial charge in [-0.3, -0.25) is 9.69 Å². The average molecular weight is 441 g/mol. The number of hydrogen-bond donors (Lipinski definition) is 1. The number of amides is 1. The van der Waals surface area contributed by atoms with Crippen molar-refractivity contribution in [2.24, 2.45) is 0 Å². The standard InChI is InChI=1S/C23H28N4O5/c1-29-13-10-24-23(28)19-7-6-18(30-2)14-21(19)31-17-8-11-27(12-9-17)15-16-4-3-5-20-22(16)26-32-25-20/h3-7,14,17H,8-13,15H2,1-2H3,(H,24,28). The molecule has 0 bridgehead atoms. The fraction of sp³-hybridized carbons (Fsp3) is 0.435. The smallest absolute Gasteiger partial charge is 0.255 e. The zero-order valence-electron chi connectivity index (χ0n) is 18.4. The zero-order valence-corrected chi connectivity index (χ0v) is 18.4. The van der Waals surface area contributed by atoms with Crippen LogP contribution in [0.4, 0.5) is 0 Å². The van der Waals surface area contributed by atoms with Crippen molar-refractivity contribution in [2.75, 3.05) is 40.5 Å². The number of aromatic nitrogens is 2. The van der Waals surface area contributed by atoms with E-state index in [1.54, 1.807) is 32.4 Å². The summed E-state index contributed by atoms with van der Waals surface area (Å²) in [4.78, 5) is 15.0. The van der Waals surface area contributed by atoms with Crippen LogP contribution in [0.2, 0.25) is 0 Å². The molecule has 2 aromatic carbocycles. The summed E-state index contributed by atoms with van der Waals surface area (Å²) in [5.74, 6) is 1.00. The number of carbonyl (C=O) groups excluding carboxylic acids is 1. The van der Waals surface area contributed by atoms with Crippen molar-refractivity contribution in [3.8, 4) is 11.5 Å². The van der Waals surface area contributed by atoms with Gasteiger partial charge in [0.25, 0.3) is 5.91 Å². The highest BCUT2D eigenvalue weighted by Crippen LogP contribution is 2.28. The van der Waals surface area contributed by atoms with Gasteiger partial charge in [-0.05, 0) is 46.9 Å². The van der Waals surface area contributed by atoms with Gasteiger partial charge in [0.15, 0.2) is 0 Å². The number of methoxy groups -OCH3 is 2. The highest BCUT2D eigenvalue weighted by Gasteiger charge is 2.24. The van der Waals surface area contributed by atoms with E-state index in [1.807, 2.05) is 12.1 Å². The largest absolute Gasteiger partial charge is 0.497 e. The molecule has 1 aromatic heterocycles. The molecule has 1 saturated heterocycles. The van der Waals surface area contributed by atoms with Crippen molar-refractivity contribution < 1.29 is 23.6 Å². The SMILES string of the molecule is COCCNC(=O)c1ccc(OC)cc1OC1CCN(Cc2cccc3nonc23)CC1. The lowest BCUT2D eigenvalue weighted by molar-refractivity contribution is 0.0882. The number of fused-ring (bicyclic) bond motifs is 1. The van der Waals surface area contributed by atoms with Crippen LogP contribution in [0.15, 0.2) is 41.0 Å². The Morgan fingerprint density at radius 2 is 2.03 bits per heavy atom. The Bertz CT molecular complexity index is 1050. The quantitative estimate of drug-likeness (QED) is 0.507.